The van der Waals surface area contributed by atoms with E-state index < -0.39 is 0 Å². The molecule has 1 atom stereocenters. The third kappa shape index (κ3) is 4.50. The molecule has 0 saturated heterocycles. The van der Waals surface area contributed by atoms with E-state index in [0.29, 0.717) is 13.1 Å². The SMILES string of the molecule is CCCNC(=O)CCNC(=O)N(C)C(C)c1cc2ccccc2o1. The van der Waals surface area contributed by atoms with Gasteiger partial charge in [0.15, 0.2) is 0 Å². The molecule has 0 aliphatic carbocycles. The number of rotatable bonds is 7. The average molecular weight is 331 g/mol. The molecule has 6 heteroatoms. The Bertz CT molecular complexity index is 663. The van der Waals surface area contributed by atoms with Gasteiger partial charge in [-0.15, -0.1) is 0 Å². The van der Waals surface area contributed by atoms with Crippen LogP contribution in [0.1, 0.15) is 38.5 Å². The van der Waals surface area contributed by atoms with Crippen LogP contribution < -0.4 is 10.6 Å². The van der Waals surface area contributed by atoms with Gasteiger partial charge in [-0.05, 0) is 25.5 Å². The van der Waals surface area contributed by atoms with Crippen LogP contribution in [0, 0.1) is 0 Å². The standard InChI is InChI=1S/C18H25N3O3/c1-4-10-19-17(22)9-11-20-18(23)21(3)13(2)16-12-14-7-5-6-8-15(14)24-16/h5-8,12-13H,4,9-11H2,1-3H3,(H,19,22)(H,20,23). The smallest absolute Gasteiger partial charge is 0.317 e. The van der Waals surface area contributed by atoms with E-state index in [0.717, 1.165) is 23.2 Å². The number of amides is 3. The monoisotopic (exact) mass is 331 g/mol. The third-order valence-corrected chi connectivity index (χ3v) is 3.96. The highest BCUT2D eigenvalue weighted by atomic mass is 16.3. The summed E-state index contributed by atoms with van der Waals surface area (Å²) in [5.74, 6) is 0.680. The molecule has 0 radical (unpaired) electrons. The minimum Gasteiger partial charge on any atom is -0.459 e. The zero-order chi connectivity index (χ0) is 17.5. The van der Waals surface area contributed by atoms with Crippen LogP contribution in [0.15, 0.2) is 34.7 Å². The molecule has 24 heavy (non-hydrogen) atoms. The lowest BCUT2D eigenvalue weighted by Crippen LogP contribution is -2.40. The first-order valence-corrected chi connectivity index (χ1v) is 8.28. The van der Waals surface area contributed by atoms with Crippen LogP contribution in [0.4, 0.5) is 4.79 Å². The molecule has 0 aliphatic heterocycles. The van der Waals surface area contributed by atoms with Gasteiger partial charge < -0.3 is 20.0 Å². The largest absolute Gasteiger partial charge is 0.459 e. The van der Waals surface area contributed by atoms with Gasteiger partial charge in [0.25, 0.3) is 0 Å². The van der Waals surface area contributed by atoms with E-state index in [1.54, 1.807) is 11.9 Å². The summed E-state index contributed by atoms with van der Waals surface area (Å²) >= 11 is 0. The lowest BCUT2D eigenvalue weighted by atomic mass is 10.2. The number of carbonyl (C=O) groups is 2. The highest BCUT2D eigenvalue weighted by Gasteiger charge is 2.20. The highest BCUT2D eigenvalue weighted by molar-refractivity contribution is 5.79. The Labute approximate surface area is 142 Å². The molecule has 1 unspecified atom stereocenters. The quantitative estimate of drug-likeness (QED) is 0.819. The summed E-state index contributed by atoms with van der Waals surface area (Å²) in [6, 6.07) is 9.26. The fourth-order valence-electron chi connectivity index (χ4n) is 2.34. The fraction of sp³-hybridized carbons (Fsp3) is 0.444. The molecule has 2 N–H and O–H groups in total. The van der Waals surface area contributed by atoms with Gasteiger partial charge in [-0.2, -0.15) is 0 Å². The number of hydrogen-bond donors (Lipinski definition) is 2. The number of benzene rings is 1. The molecular formula is C18H25N3O3. The van der Waals surface area contributed by atoms with Crippen molar-refractivity contribution in [3.63, 3.8) is 0 Å². The first-order valence-electron chi connectivity index (χ1n) is 8.28. The molecule has 0 fully saturated rings. The van der Waals surface area contributed by atoms with Crippen molar-refractivity contribution in [2.45, 2.75) is 32.7 Å². The van der Waals surface area contributed by atoms with Gasteiger partial charge in [-0.3, -0.25) is 4.79 Å². The molecule has 0 bridgehead atoms. The van der Waals surface area contributed by atoms with E-state index in [1.807, 2.05) is 44.2 Å². The first kappa shape index (κ1) is 17.8. The zero-order valence-corrected chi connectivity index (χ0v) is 14.5. The summed E-state index contributed by atoms with van der Waals surface area (Å²) in [4.78, 5) is 25.3. The molecular weight excluding hydrogens is 306 g/mol. The number of fused-ring (bicyclic) bond motifs is 1. The van der Waals surface area contributed by atoms with E-state index in [9.17, 15) is 9.59 Å². The molecule has 3 amide bonds. The number of furan rings is 1. The van der Waals surface area contributed by atoms with Crippen LogP contribution >= 0.6 is 0 Å². The first-order chi connectivity index (χ1) is 11.5. The van der Waals surface area contributed by atoms with Crippen LogP contribution in [0.2, 0.25) is 0 Å². The lowest BCUT2D eigenvalue weighted by molar-refractivity contribution is -0.120. The van der Waals surface area contributed by atoms with Crippen molar-refractivity contribution < 1.29 is 14.0 Å². The van der Waals surface area contributed by atoms with Crippen molar-refractivity contribution in [1.29, 1.82) is 0 Å². The Balaban J connectivity index is 1.86. The van der Waals surface area contributed by atoms with Gasteiger partial charge in [0.05, 0.1) is 6.04 Å². The van der Waals surface area contributed by atoms with Gasteiger partial charge in [0, 0.05) is 31.9 Å². The van der Waals surface area contributed by atoms with Crippen LogP contribution in [0.5, 0.6) is 0 Å². The van der Waals surface area contributed by atoms with Gasteiger partial charge in [0.1, 0.15) is 11.3 Å². The number of para-hydroxylation sites is 1. The minimum atomic E-state index is -0.230. The van der Waals surface area contributed by atoms with Gasteiger partial charge in [0.2, 0.25) is 5.91 Å². The van der Waals surface area contributed by atoms with Gasteiger partial charge in [-0.25, -0.2) is 4.79 Å². The molecule has 6 nitrogen and oxygen atoms in total. The van der Waals surface area contributed by atoms with Crippen molar-refractivity contribution in [1.82, 2.24) is 15.5 Å². The number of carbonyl (C=O) groups excluding carboxylic acids is 2. The fourth-order valence-corrected chi connectivity index (χ4v) is 2.34. The maximum absolute atomic E-state index is 12.2. The molecule has 2 rings (SSSR count). The molecule has 1 aromatic carbocycles. The summed E-state index contributed by atoms with van der Waals surface area (Å²) < 4.78 is 5.80. The van der Waals surface area contributed by atoms with Gasteiger partial charge in [-0.1, -0.05) is 25.1 Å². The Morgan fingerprint density at radius 1 is 1.21 bits per heavy atom. The molecule has 1 heterocycles. The molecule has 2 aromatic rings. The Morgan fingerprint density at radius 2 is 1.96 bits per heavy atom. The molecule has 130 valence electrons. The second kappa shape index (κ2) is 8.38. The number of nitrogens with one attached hydrogen (secondary N) is 2. The lowest BCUT2D eigenvalue weighted by Gasteiger charge is -2.23. The highest BCUT2D eigenvalue weighted by Crippen LogP contribution is 2.26. The maximum atomic E-state index is 12.2. The Kier molecular flexibility index (Phi) is 6.23. The molecule has 1 aromatic heterocycles. The summed E-state index contributed by atoms with van der Waals surface area (Å²) in [6.45, 7) is 4.88. The predicted octanol–water partition coefficient (Wildman–Crippen LogP) is 3.05. The summed E-state index contributed by atoms with van der Waals surface area (Å²) in [5, 5.41) is 6.55. The molecule has 0 saturated carbocycles. The number of hydrogen-bond acceptors (Lipinski definition) is 3. The topological polar surface area (TPSA) is 74.6 Å². The normalized spacial score (nSPS) is 12.0. The summed E-state index contributed by atoms with van der Waals surface area (Å²) in [6.07, 6.45) is 1.18. The van der Waals surface area contributed by atoms with Crippen LogP contribution in [-0.2, 0) is 4.79 Å². The summed E-state index contributed by atoms with van der Waals surface area (Å²) in [7, 11) is 1.71. The van der Waals surface area contributed by atoms with Crippen LogP contribution in [-0.4, -0.2) is 37.0 Å². The minimum absolute atomic E-state index is 0.0508. The Hall–Kier alpha value is -2.50. The van der Waals surface area contributed by atoms with Gasteiger partial charge >= 0.3 is 6.03 Å². The van der Waals surface area contributed by atoms with Crippen molar-refractivity contribution in [2.75, 3.05) is 20.1 Å². The second-order valence-electron chi connectivity index (χ2n) is 5.81. The summed E-state index contributed by atoms with van der Waals surface area (Å²) in [5.41, 5.74) is 0.806. The zero-order valence-electron chi connectivity index (χ0n) is 14.5. The predicted molar refractivity (Wildman–Crippen MR) is 93.7 cm³/mol. The number of nitrogens with zero attached hydrogens (tertiary/aromatic N) is 1. The van der Waals surface area contributed by atoms with Crippen molar-refractivity contribution in [3.05, 3.63) is 36.1 Å². The van der Waals surface area contributed by atoms with Crippen LogP contribution in [0.3, 0.4) is 0 Å². The van der Waals surface area contributed by atoms with Crippen molar-refractivity contribution >= 4 is 22.9 Å². The third-order valence-electron chi connectivity index (χ3n) is 3.96. The van der Waals surface area contributed by atoms with Crippen molar-refractivity contribution in [3.8, 4) is 0 Å². The number of urea groups is 1. The van der Waals surface area contributed by atoms with Crippen molar-refractivity contribution in [2.24, 2.45) is 0 Å². The van der Waals surface area contributed by atoms with E-state index in [-0.39, 0.29) is 24.4 Å². The molecule has 0 aliphatic rings. The maximum Gasteiger partial charge on any atom is 0.317 e. The Morgan fingerprint density at radius 3 is 2.67 bits per heavy atom. The van der Waals surface area contributed by atoms with Crippen LogP contribution in [0.25, 0.3) is 11.0 Å². The second-order valence-corrected chi connectivity index (χ2v) is 5.81. The van der Waals surface area contributed by atoms with E-state index in [4.69, 9.17) is 4.42 Å². The van der Waals surface area contributed by atoms with E-state index in [2.05, 4.69) is 10.6 Å². The average Bonchev–Trinajstić information content (AvgIpc) is 3.02. The van der Waals surface area contributed by atoms with E-state index in [1.165, 1.54) is 0 Å². The molecule has 0 spiro atoms. The van der Waals surface area contributed by atoms with E-state index >= 15 is 0 Å².